The van der Waals surface area contributed by atoms with Gasteiger partial charge >= 0.3 is 0 Å². The largest absolute Gasteiger partial charge is 0.496 e. The molecule has 5 nitrogen and oxygen atoms in total. The minimum atomic E-state index is -0.216. The molecule has 0 aliphatic rings. The molecule has 24 heavy (non-hydrogen) atoms. The number of carbonyl (C=O) groups excluding carboxylic acids is 1. The normalized spacial score (nSPS) is 12.4. The molecule has 0 aliphatic heterocycles. The number of amides is 1. The van der Waals surface area contributed by atoms with Gasteiger partial charge in [0.2, 0.25) is 5.91 Å². The lowest BCUT2D eigenvalue weighted by atomic mass is 10.2. The van der Waals surface area contributed by atoms with Gasteiger partial charge in [0, 0.05) is 11.6 Å². The van der Waals surface area contributed by atoms with Crippen LogP contribution in [0.25, 0.3) is 17.1 Å². The minimum Gasteiger partial charge on any atom is -0.496 e. The Morgan fingerprint density at radius 1 is 1.21 bits per heavy atom. The molecule has 0 aliphatic carbocycles. The van der Waals surface area contributed by atoms with Gasteiger partial charge in [0.25, 0.3) is 0 Å². The van der Waals surface area contributed by atoms with Gasteiger partial charge in [-0.05, 0) is 31.2 Å². The highest BCUT2D eigenvalue weighted by atomic mass is 16.5. The van der Waals surface area contributed by atoms with E-state index in [0.717, 1.165) is 28.2 Å². The number of aromatic amines is 1. The van der Waals surface area contributed by atoms with Crippen molar-refractivity contribution in [2.45, 2.75) is 13.0 Å². The van der Waals surface area contributed by atoms with Crippen LogP contribution in [0.15, 0.2) is 54.6 Å². The lowest BCUT2D eigenvalue weighted by Gasteiger charge is -2.09. The van der Waals surface area contributed by atoms with Crippen LogP contribution >= 0.6 is 0 Å². The van der Waals surface area contributed by atoms with Gasteiger partial charge in [-0.15, -0.1) is 0 Å². The van der Waals surface area contributed by atoms with Gasteiger partial charge in [-0.1, -0.05) is 30.3 Å². The van der Waals surface area contributed by atoms with E-state index >= 15 is 0 Å². The quantitative estimate of drug-likeness (QED) is 0.707. The fourth-order valence-corrected chi connectivity index (χ4v) is 2.48. The van der Waals surface area contributed by atoms with Crippen molar-refractivity contribution < 1.29 is 9.53 Å². The second kappa shape index (κ2) is 7.00. The van der Waals surface area contributed by atoms with Gasteiger partial charge in [0.15, 0.2) is 0 Å². The maximum absolute atomic E-state index is 12.1. The molecule has 0 saturated carbocycles. The predicted octanol–water partition coefficient (Wildman–Crippen LogP) is 3.46. The third kappa shape index (κ3) is 3.46. The summed E-state index contributed by atoms with van der Waals surface area (Å²) in [5, 5.41) is 2.90. The van der Waals surface area contributed by atoms with Crippen LogP contribution in [0.5, 0.6) is 5.75 Å². The molecular weight excluding hydrogens is 302 g/mol. The first-order valence-corrected chi connectivity index (χ1v) is 7.73. The average molecular weight is 321 g/mol. The van der Waals surface area contributed by atoms with Crippen molar-refractivity contribution in [2.24, 2.45) is 0 Å². The van der Waals surface area contributed by atoms with Crippen molar-refractivity contribution in [1.82, 2.24) is 15.3 Å². The second-order valence-corrected chi connectivity index (χ2v) is 5.44. The van der Waals surface area contributed by atoms with Crippen molar-refractivity contribution in [3.05, 3.63) is 66.0 Å². The van der Waals surface area contributed by atoms with Crippen LogP contribution in [-0.2, 0) is 4.79 Å². The molecule has 1 aromatic heterocycles. The van der Waals surface area contributed by atoms with Crippen molar-refractivity contribution in [3.63, 3.8) is 0 Å². The summed E-state index contributed by atoms with van der Waals surface area (Å²) in [7, 11) is 1.61. The van der Waals surface area contributed by atoms with Gasteiger partial charge in [-0.3, -0.25) is 4.79 Å². The van der Waals surface area contributed by atoms with E-state index in [-0.39, 0.29) is 11.9 Å². The molecule has 0 saturated heterocycles. The summed E-state index contributed by atoms with van der Waals surface area (Å²) in [6.45, 7) is 1.90. The summed E-state index contributed by atoms with van der Waals surface area (Å²) in [5.41, 5.74) is 2.70. The number of benzene rings is 2. The number of hydrogen-bond donors (Lipinski definition) is 2. The lowest BCUT2D eigenvalue weighted by Crippen LogP contribution is -2.25. The SMILES string of the molecule is COc1ccccc1C=CC(=O)NC(C)c1nc2ccccc2[nH]1. The average Bonchev–Trinajstić information content (AvgIpc) is 3.04. The third-order valence-electron chi connectivity index (χ3n) is 3.73. The summed E-state index contributed by atoms with van der Waals surface area (Å²) in [4.78, 5) is 19.9. The highest BCUT2D eigenvalue weighted by molar-refractivity contribution is 5.92. The number of nitrogens with zero attached hydrogens (tertiary/aromatic N) is 1. The van der Waals surface area contributed by atoms with E-state index in [1.807, 2.05) is 55.5 Å². The molecule has 2 N–H and O–H groups in total. The summed E-state index contributed by atoms with van der Waals surface area (Å²) in [6, 6.07) is 15.1. The first-order chi connectivity index (χ1) is 11.7. The summed E-state index contributed by atoms with van der Waals surface area (Å²) in [5.74, 6) is 1.27. The van der Waals surface area contributed by atoms with E-state index in [2.05, 4.69) is 15.3 Å². The fraction of sp³-hybridized carbons (Fsp3) is 0.158. The Kier molecular flexibility index (Phi) is 4.61. The maximum atomic E-state index is 12.1. The molecule has 0 spiro atoms. The van der Waals surface area contributed by atoms with E-state index in [0.29, 0.717) is 0 Å². The number of para-hydroxylation sites is 3. The number of nitrogens with one attached hydrogen (secondary N) is 2. The van der Waals surface area contributed by atoms with Crippen LogP contribution in [0.2, 0.25) is 0 Å². The summed E-state index contributed by atoms with van der Waals surface area (Å²) < 4.78 is 5.26. The van der Waals surface area contributed by atoms with Crippen molar-refractivity contribution in [2.75, 3.05) is 7.11 Å². The van der Waals surface area contributed by atoms with Gasteiger partial charge in [0.1, 0.15) is 11.6 Å². The highest BCUT2D eigenvalue weighted by Gasteiger charge is 2.12. The van der Waals surface area contributed by atoms with Gasteiger partial charge in [-0.2, -0.15) is 0 Å². The Balaban J connectivity index is 1.68. The molecule has 3 aromatic rings. The molecule has 5 heteroatoms. The first-order valence-electron chi connectivity index (χ1n) is 7.73. The number of methoxy groups -OCH3 is 1. The number of hydrogen-bond acceptors (Lipinski definition) is 3. The molecule has 3 rings (SSSR count). The van der Waals surface area contributed by atoms with Gasteiger partial charge in [-0.25, -0.2) is 4.98 Å². The first kappa shape index (κ1) is 15.8. The van der Waals surface area contributed by atoms with Crippen LogP contribution in [0, 0.1) is 0 Å². The Labute approximate surface area is 140 Å². The number of ether oxygens (including phenoxy) is 1. The summed E-state index contributed by atoms with van der Waals surface area (Å²) in [6.07, 6.45) is 3.23. The number of H-pyrrole nitrogens is 1. The Morgan fingerprint density at radius 3 is 2.75 bits per heavy atom. The monoisotopic (exact) mass is 321 g/mol. The minimum absolute atomic E-state index is 0.186. The zero-order valence-corrected chi connectivity index (χ0v) is 13.6. The van der Waals surface area contributed by atoms with Crippen LogP contribution in [0.1, 0.15) is 24.4 Å². The third-order valence-corrected chi connectivity index (χ3v) is 3.73. The molecule has 1 heterocycles. The van der Waals surface area contributed by atoms with Crippen LogP contribution < -0.4 is 10.1 Å². The van der Waals surface area contributed by atoms with Crippen LogP contribution in [0.3, 0.4) is 0 Å². The number of aromatic nitrogens is 2. The molecule has 0 fully saturated rings. The maximum Gasteiger partial charge on any atom is 0.244 e. The number of imidazole rings is 1. The Hall–Kier alpha value is -3.08. The molecule has 1 amide bonds. The molecule has 0 bridgehead atoms. The molecule has 2 aromatic carbocycles. The van der Waals surface area contributed by atoms with E-state index < -0.39 is 0 Å². The number of fused-ring (bicyclic) bond motifs is 1. The fourth-order valence-electron chi connectivity index (χ4n) is 2.48. The van der Waals surface area contributed by atoms with Gasteiger partial charge < -0.3 is 15.0 Å². The Bertz CT molecular complexity index is 850. The van der Waals surface area contributed by atoms with Crippen molar-refractivity contribution >= 4 is 23.0 Å². The van der Waals surface area contributed by atoms with Crippen LogP contribution in [0.4, 0.5) is 0 Å². The van der Waals surface area contributed by atoms with E-state index in [1.165, 1.54) is 6.08 Å². The van der Waals surface area contributed by atoms with Crippen LogP contribution in [-0.4, -0.2) is 23.0 Å². The number of carbonyl (C=O) groups is 1. The predicted molar refractivity (Wildman–Crippen MR) is 94.7 cm³/mol. The molecule has 0 radical (unpaired) electrons. The smallest absolute Gasteiger partial charge is 0.244 e. The number of rotatable bonds is 5. The van der Waals surface area contributed by atoms with E-state index in [1.54, 1.807) is 13.2 Å². The standard InChI is InChI=1S/C19H19N3O2/c1-13(19-21-15-8-4-5-9-16(15)22-19)20-18(23)12-11-14-7-3-6-10-17(14)24-2/h3-13H,1-2H3,(H,20,23)(H,21,22). The highest BCUT2D eigenvalue weighted by Crippen LogP contribution is 2.19. The summed E-state index contributed by atoms with van der Waals surface area (Å²) >= 11 is 0. The van der Waals surface area contributed by atoms with E-state index in [9.17, 15) is 4.79 Å². The second-order valence-electron chi connectivity index (χ2n) is 5.44. The Morgan fingerprint density at radius 2 is 1.96 bits per heavy atom. The molecule has 122 valence electrons. The zero-order chi connectivity index (χ0) is 16.9. The van der Waals surface area contributed by atoms with Crippen molar-refractivity contribution in [3.8, 4) is 5.75 Å². The van der Waals surface area contributed by atoms with Crippen molar-refractivity contribution in [1.29, 1.82) is 0 Å². The van der Waals surface area contributed by atoms with Gasteiger partial charge in [0.05, 0.1) is 24.2 Å². The zero-order valence-electron chi connectivity index (χ0n) is 13.6. The van der Waals surface area contributed by atoms with E-state index in [4.69, 9.17) is 4.74 Å². The molecule has 1 atom stereocenters. The molecule has 1 unspecified atom stereocenters. The topological polar surface area (TPSA) is 67.0 Å². The molecular formula is C19H19N3O2. The lowest BCUT2D eigenvalue weighted by molar-refractivity contribution is -0.117.